The molecule has 10 heteroatoms. The average molecular weight is 304 g/mol. The first-order valence-electron chi connectivity index (χ1n) is 5.71. The molecule has 0 fully saturated rings. The van der Waals surface area contributed by atoms with Crippen molar-refractivity contribution in [3.63, 3.8) is 0 Å². The highest BCUT2D eigenvalue weighted by Gasteiger charge is 2.37. The first-order chi connectivity index (χ1) is 9.74. The van der Waals surface area contributed by atoms with Crippen LogP contribution < -0.4 is 16.0 Å². The quantitative estimate of drug-likeness (QED) is 0.443. The Morgan fingerprint density at radius 3 is 2.62 bits per heavy atom. The van der Waals surface area contributed by atoms with Crippen molar-refractivity contribution >= 4 is 17.1 Å². The summed E-state index contributed by atoms with van der Waals surface area (Å²) in [5.41, 5.74) is 2.96. The van der Waals surface area contributed by atoms with Gasteiger partial charge < -0.3 is 21.1 Å². The Morgan fingerprint density at radius 1 is 1.48 bits per heavy atom. The molecule has 114 valence electrons. The number of nitrogen functional groups attached to an aromatic ring is 1. The third kappa shape index (κ3) is 2.84. The Hall–Kier alpha value is -2.49. The molecule has 0 spiro atoms. The van der Waals surface area contributed by atoms with E-state index < -0.39 is 33.7 Å². The number of rotatable bonds is 3. The average Bonchev–Trinajstić information content (AvgIpc) is 2.85. The topological polar surface area (TPSA) is 105 Å². The van der Waals surface area contributed by atoms with Gasteiger partial charge in [-0.1, -0.05) is 0 Å². The highest BCUT2D eigenvalue weighted by atomic mass is 19.4. The molecular formula is C11H11F3N4O3. The lowest BCUT2D eigenvalue weighted by molar-refractivity contribution is -0.383. The number of nitrogens with one attached hydrogen (secondary N) is 1. The maximum absolute atomic E-state index is 13.1. The number of aliphatic hydroxyl groups excluding tert-OH is 1. The third-order valence-electron chi connectivity index (χ3n) is 2.92. The number of anilines is 2. The number of benzene rings is 1. The summed E-state index contributed by atoms with van der Waals surface area (Å²) in [6, 6.07) is 1.31. The summed E-state index contributed by atoms with van der Waals surface area (Å²) < 4.78 is 39.2. The second-order valence-electron chi connectivity index (χ2n) is 4.30. The summed E-state index contributed by atoms with van der Waals surface area (Å²) in [6.07, 6.45) is -3.46. The van der Waals surface area contributed by atoms with Gasteiger partial charge in [-0.05, 0) is 6.07 Å². The molecule has 0 saturated carbocycles. The molecule has 2 rings (SSSR count). The zero-order chi connectivity index (χ0) is 15.8. The first kappa shape index (κ1) is 14.9. The Labute approximate surface area is 116 Å². The van der Waals surface area contributed by atoms with Gasteiger partial charge >= 0.3 is 6.18 Å². The van der Waals surface area contributed by atoms with Crippen LogP contribution in [-0.2, 0) is 6.18 Å². The molecule has 0 unspecified atom stereocenters. The number of alkyl halides is 3. The maximum Gasteiger partial charge on any atom is 0.418 e. The molecule has 1 aromatic rings. The molecule has 1 heterocycles. The Balaban J connectivity index is 2.59. The standard InChI is InChI=1S/C11H11F3N4O3/c12-11(13,14)7-1-8(15)10(18(20)21)2-9(7)17-3-6(4-19)16-5-17/h1-3,16,19H,4-5,15H2. The third-order valence-corrected chi connectivity index (χ3v) is 2.92. The van der Waals surface area contributed by atoms with Crippen LogP contribution in [0.5, 0.6) is 0 Å². The number of aliphatic hydroxyl groups is 1. The van der Waals surface area contributed by atoms with Crippen LogP contribution in [-0.4, -0.2) is 23.3 Å². The number of nitrogens with two attached hydrogens (primary N) is 1. The van der Waals surface area contributed by atoms with Crippen LogP contribution in [0.3, 0.4) is 0 Å². The van der Waals surface area contributed by atoms with Crippen molar-refractivity contribution in [1.29, 1.82) is 0 Å². The van der Waals surface area contributed by atoms with Crippen molar-refractivity contribution in [2.24, 2.45) is 0 Å². The van der Waals surface area contributed by atoms with Crippen molar-refractivity contribution < 1.29 is 23.2 Å². The van der Waals surface area contributed by atoms with Crippen LogP contribution in [0.4, 0.5) is 30.2 Å². The molecule has 1 aromatic carbocycles. The molecule has 0 aliphatic carbocycles. The predicted octanol–water partition coefficient (Wildman–Crippen LogP) is 1.40. The lowest BCUT2D eigenvalue weighted by Crippen LogP contribution is -2.24. The van der Waals surface area contributed by atoms with Crippen molar-refractivity contribution in [2.75, 3.05) is 23.9 Å². The molecule has 1 aliphatic rings. The smallest absolute Gasteiger partial charge is 0.393 e. The Bertz CT molecular complexity index is 615. The fraction of sp³-hybridized carbons (Fsp3) is 0.273. The zero-order valence-corrected chi connectivity index (χ0v) is 10.5. The minimum Gasteiger partial charge on any atom is -0.393 e. The van der Waals surface area contributed by atoms with Crippen molar-refractivity contribution in [2.45, 2.75) is 6.18 Å². The summed E-state index contributed by atoms with van der Waals surface area (Å²) >= 11 is 0. The summed E-state index contributed by atoms with van der Waals surface area (Å²) in [5.74, 6) is 0. The van der Waals surface area contributed by atoms with Gasteiger partial charge in [0.2, 0.25) is 0 Å². The van der Waals surface area contributed by atoms with E-state index >= 15 is 0 Å². The highest BCUT2D eigenvalue weighted by Crippen LogP contribution is 2.41. The van der Waals surface area contributed by atoms with Gasteiger partial charge in [0.1, 0.15) is 5.69 Å². The van der Waals surface area contributed by atoms with E-state index in [1.807, 2.05) is 0 Å². The van der Waals surface area contributed by atoms with Crippen molar-refractivity contribution in [3.05, 3.63) is 39.7 Å². The van der Waals surface area contributed by atoms with Gasteiger partial charge in [0.15, 0.2) is 0 Å². The lowest BCUT2D eigenvalue weighted by Gasteiger charge is -2.20. The number of halogens is 3. The lowest BCUT2D eigenvalue weighted by atomic mass is 10.1. The van der Waals surface area contributed by atoms with Gasteiger partial charge in [-0.25, -0.2) is 0 Å². The largest absolute Gasteiger partial charge is 0.418 e. The minimum absolute atomic E-state index is 0.0416. The Kier molecular flexibility index (Phi) is 3.64. The van der Waals surface area contributed by atoms with E-state index in [1.54, 1.807) is 0 Å². The Morgan fingerprint density at radius 2 is 2.14 bits per heavy atom. The SMILES string of the molecule is Nc1cc(C(F)(F)F)c(N2C=C(CO)NC2)cc1[N+](=O)[O-]. The number of nitro groups is 1. The highest BCUT2D eigenvalue weighted by molar-refractivity contribution is 5.72. The number of hydrogen-bond donors (Lipinski definition) is 3. The second kappa shape index (κ2) is 5.13. The fourth-order valence-corrected chi connectivity index (χ4v) is 1.93. The van der Waals surface area contributed by atoms with Gasteiger partial charge in [-0.15, -0.1) is 0 Å². The normalized spacial score (nSPS) is 14.9. The van der Waals surface area contributed by atoms with E-state index in [0.29, 0.717) is 11.8 Å². The van der Waals surface area contributed by atoms with Gasteiger partial charge in [-0.2, -0.15) is 13.2 Å². The summed E-state index contributed by atoms with van der Waals surface area (Å²) in [5, 5.41) is 22.4. The molecule has 0 bridgehead atoms. The summed E-state index contributed by atoms with van der Waals surface area (Å²) in [4.78, 5) is 11.1. The molecule has 1 aliphatic heterocycles. The van der Waals surface area contributed by atoms with Crippen molar-refractivity contribution in [1.82, 2.24) is 5.32 Å². The van der Waals surface area contributed by atoms with Crippen molar-refractivity contribution in [3.8, 4) is 0 Å². The van der Waals surface area contributed by atoms with E-state index in [0.717, 1.165) is 11.0 Å². The van der Waals surface area contributed by atoms with Gasteiger partial charge in [0.25, 0.3) is 5.69 Å². The second-order valence-corrected chi connectivity index (χ2v) is 4.30. The predicted molar refractivity (Wildman–Crippen MR) is 68.2 cm³/mol. The molecule has 0 saturated heterocycles. The fourth-order valence-electron chi connectivity index (χ4n) is 1.93. The molecule has 4 N–H and O–H groups in total. The van der Waals surface area contributed by atoms with Gasteiger partial charge in [0, 0.05) is 12.3 Å². The van der Waals surface area contributed by atoms with Crippen LogP contribution >= 0.6 is 0 Å². The van der Waals surface area contributed by atoms with Gasteiger partial charge in [-0.3, -0.25) is 10.1 Å². The van der Waals surface area contributed by atoms with Gasteiger partial charge in [0.05, 0.1) is 35.1 Å². The molecule has 0 radical (unpaired) electrons. The number of nitro benzene ring substituents is 1. The monoisotopic (exact) mass is 304 g/mol. The van der Waals surface area contributed by atoms with Crippen LogP contribution in [0.1, 0.15) is 5.56 Å². The molecule has 0 amide bonds. The number of hydrogen-bond acceptors (Lipinski definition) is 6. The zero-order valence-electron chi connectivity index (χ0n) is 10.5. The molecule has 0 aromatic heterocycles. The van der Waals surface area contributed by atoms with Crippen LogP contribution in [0.2, 0.25) is 0 Å². The minimum atomic E-state index is -4.71. The van der Waals surface area contributed by atoms with Crippen LogP contribution in [0.15, 0.2) is 24.0 Å². The van der Waals surface area contributed by atoms with E-state index in [1.165, 1.54) is 6.20 Å². The molecule has 0 atom stereocenters. The van der Waals surface area contributed by atoms with E-state index in [9.17, 15) is 23.3 Å². The molecule has 21 heavy (non-hydrogen) atoms. The van der Waals surface area contributed by atoms with Crippen LogP contribution in [0.25, 0.3) is 0 Å². The van der Waals surface area contributed by atoms with E-state index in [-0.39, 0.29) is 13.3 Å². The first-order valence-corrected chi connectivity index (χ1v) is 5.71. The van der Waals surface area contributed by atoms with Crippen LogP contribution in [0, 0.1) is 10.1 Å². The van der Waals surface area contributed by atoms with E-state index in [2.05, 4.69) is 5.32 Å². The van der Waals surface area contributed by atoms with E-state index in [4.69, 9.17) is 10.8 Å². The summed E-state index contributed by atoms with van der Waals surface area (Å²) in [6.45, 7) is -0.422. The molecule has 7 nitrogen and oxygen atoms in total. The molecular weight excluding hydrogens is 293 g/mol. The maximum atomic E-state index is 13.1. The summed E-state index contributed by atoms with van der Waals surface area (Å²) in [7, 11) is 0. The number of nitrogens with zero attached hydrogens (tertiary/aromatic N) is 2.